The monoisotopic (exact) mass is 374 g/mol. The van der Waals surface area contributed by atoms with Crippen LogP contribution in [0.5, 0.6) is 0 Å². The van der Waals surface area contributed by atoms with Crippen LogP contribution < -0.4 is 9.88 Å². The Kier molecular flexibility index (Phi) is 5.15. The normalized spacial score (nSPS) is 10.9. The molecule has 0 fully saturated rings. The molecule has 0 saturated heterocycles. The van der Waals surface area contributed by atoms with Crippen molar-refractivity contribution >= 4 is 16.8 Å². The Balaban J connectivity index is 1.32. The van der Waals surface area contributed by atoms with E-state index in [0.29, 0.717) is 18.7 Å². The summed E-state index contributed by atoms with van der Waals surface area (Å²) in [6, 6.07) is 18.2. The predicted octanol–water partition coefficient (Wildman–Crippen LogP) is 3.62. The second-order valence-corrected chi connectivity index (χ2v) is 6.75. The largest absolute Gasteiger partial charge is 0.361 e. The lowest BCUT2D eigenvalue weighted by Crippen LogP contribution is -2.34. The van der Waals surface area contributed by atoms with Gasteiger partial charge in [-0.1, -0.05) is 18.2 Å². The predicted molar refractivity (Wildman–Crippen MR) is 106 cm³/mol. The number of halogens is 1. The van der Waals surface area contributed by atoms with Gasteiger partial charge in [-0.15, -0.1) is 0 Å². The van der Waals surface area contributed by atoms with Gasteiger partial charge in [0.15, 0.2) is 18.9 Å². The molecule has 140 valence electrons. The number of carbonyl (C=O) groups is 1. The molecule has 2 heterocycles. The number of aromatic nitrogens is 2. The number of nitrogens with one attached hydrogen (secondary N) is 2. The number of hydrogen-bond donors (Lipinski definition) is 2. The molecule has 4 aromatic rings. The van der Waals surface area contributed by atoms with E-state index >= 15 is 0 Å². The first-order valence-corrected chi connectivity index (χ1v) is 9.26. The maximum absolute atomic E-state index is 13.0. The molecule has 0 spiro atoms. The zero-order valence-electron chi connectivity index (χ0n) is 15.4. The number of rotatable bonds is 6. The van der Waals surface area contributed by atoms with Gasteiger partial charge in [0.25, 0.3) is 5.91 Å². The molecular formula is C23H21FN3O+. The van der Waals surface area contributed by atoms with Crippen molar-refractivity contribution in [3.8, 4) is 0 Å². The quantitative estimate of drug-likeness (QED) is 0.498. The van der Waals surface area contributed by atoms with Gasteiger partial charge < -0.3 is 10.3 Å². The Bertz CT molecular complexity index is 1090. The first-order valence-electron chi connectivity index (χ1n) is 9.26. The Labute approximate surface area is 162 Å². The van der Waals surface area contributed by atoms with Crippen LogP contribution >= 0.6 is 0 Å². The van der Waals surface area contributed by atoms with Gasteiger partial charge >= 0.3 is 0 Å². The molecule has 0 aliphatic rings. The van der Waals surface area contributed by atoms with Crippen LogP contribution in [-0.2, 0) is 13.0 Å². The second-order valence-electron chi connectivity index (χ2n) is 6.75. The van der Waals surface area contributed by atoms with Crippen molar-refractivity contribution in [2.24, 2.45) is 0 Å². The van der Waals surface area contributed by atoms with Crippen LogP contribution in [0.4, 0.5) is 4.39 Å². The fourth-order valence-electron chi connectivity index (χ4n) is 3.27. The van der Waals surface area contributed by atoms with E-state index in [-0.39, 0.29) is 11.7 Å². The molecule has 0 radical (unpaired) electrons. The third kappa shape index (κ3) is 4.09. The van der Waals surface area contributed by atoms with Crippen molar-refractivity contribution in [3.05, 3.63) is 102 Å². The van der Waals surface area contributed by atoms with Gasteiger partial charge in [-0.2, -0.15) is 0 Å². The second kappa shape index (κ2) is 8.05. The molecule has 0 bridgehead atoms. The maximum atomic E-state index is 13.0. The van der Waals surface area contributed by atoms with Gasteiger partial charge in [0.05, 0.1) is 5.56 Å². The molecule has 0 atom stereocenters. The topological polar surface area (TPSA) is 48.8 Å². The molecule has 2 N–H and O–H groups in total. The fraction of sp³-hybridized carbons (Fsp3) is 0.130. The van der Waals surface area contributed by atoms with Crippen LogP contribution in [0.3, 0.4) is 0 Å². The van der Waals surface area contributed by atoms with E-state index in [1.807, 2.05) is 41.4 Å². The summed E-state index contributed by atoms with van der Waals surface area (Å²) < 4.78 is 14.9. The van der Waals surface area contributed by atoms with Crippen molar-refractivity contribution in [1.29, 1.82) is 0 Å². The Morgan fingerprint density at radius 3 is 2.54 bits per heavy atom. The van der Waals surface area contributed by atoms with Crippen LogP contribution in [0, 0.1) is 5.82 Å². The Morgan fingerprint density at radius 2 is 1.75 bits per heavy atom. The SMILES string of the molecule is O=C(NCCc1c[nH]c2ccccc12)c1cc[n+](Cc2ccc(F)cc2)cc1. The molecule has 2 aromatic carbocycles. The number of para-hydroxylation sites is 1. The summed E-state index contributed by atoms with van der Waals surface area (Å²) in [7, 11) is 0. The van der Waals surface area contributed by atoms with E-state index in [1.54, 1.807) is 24.3 Å². The van der Waals surface area contributed by atoms with Crippen molar-refractivity contribution in [1.82, 2.24) is 10.3 Å². The highest BCUT2D eigenvalue weighted by atomic mass is 19.1. The Morgan fingerprint density at radius 1 is 1.00 bits per heavy atom. The Hall–Kier alpha value is -3.47. The van der Waals surface area contributed by atoms with Crippen molar-refractivity contribution < 1.29 is 13.8 Å². The number of hydrogen-bond acceptors (Lipinski definition) is 1. The highest BCUT2D eigenvalue weighted by Gasteiger charge is 2.09. The van der Waals surface area contributed by atoms with Crippen LogP contribution in [0.1, 0.15) is 21.5 Å². The lowest BCUT2D eigenvalue weighted by molar-refractivity contribution is -0.688. The molecule has 4 nitrogen and oxygen atoms in total. The van der Waals surface area contributed by atoms with E-state index in [2.05, 4.69) is 16.4 Å². The van der Waals surface area contributed by atoms with Crippen LogP contribution in [0.2, 0.25) is 0 Å². The molecule has 1 amide bonds. The van der Waals surface area contributed by atoms with Gasteiger partial charge in [-0.3, -0.25) is 4.79 Å². The minimum atomic E-state index is -0.242. The molecule has 5 heteroatoms. The average Bonchev–Trinajstić information content (AvgIpc) is 3.13. The maximum Gasteiger partial charge on any atom is 0.251 e. The molecule has 0 aliphatic carbocycles. The molecule has 4 rings (SSSR count). The minimum Gasteiger partial charge on any atom is -0.361 e. The number of aromatic amines is 1. The lowest BCUT2D eigenvalue weighted by Gasteiger charge is -2.05. The van der Waals surface area contributed by atoms with Crippen LogP contribution in [0.25, 0.3) is 10.9 Å². The number of fused-ring (bicyclic) bond motifs is 1. The van der Waals surface area contributed by atoms with E-state index in [1.165, 1.54) is 23.1 Å². The summed E-state index contributed by atoms with van der Waals surface area (Å²) in [6.07, 6.45) is 6.49. The number of pyridine rings is 1. The highest BCUT2D eigenvalue weighted by Crippen LogP contribution is 2.17. The fourth-order valence-corrected chi connectivity index (χ4v) is 3.27. The smallest absolute Gasteiger partial charge is 0.251 e. The summed E-state index contributed by atoms with van der Waals surface area (Å²) in [6.45, 7) is 1.20. The van der Waals surface area contributed by atoms with Crippen LogP contribution in [-0.4, -0.2) is 17.4 Å². The zero-order chi connectivity index (χ0) is 19.3. The van der Waals surface area contributed by atoms with Gasteiger partial charge in [0.1, 0.15) is 5.82 Å². The van der Waals surface area contributed by atoms with Gasteiger partial charge in [0.2, 0.25) is 0 Å². The average molecular weight is 374 g/mol. The van der Waals surface area contributed by atoms with Gasteiger partial charge in [0, 0.05) is 41.3 Å². The number of benzene rings is 2. The third-order valence-corrected chi connectivity index (χ3v) is 4.79. The zero-order valence-corrected chi connectivity index (χ0v) is 15.4. The number of H-pyrrole nitrogens is 1. The van der Waals surface area contributed by atoms with Gasteiger partial charge in [-0.25, -0.2) is 8.96 Å². The summed E-state index contributed by atoms with van der Waals surface area (Å²) in [4.78, 5) is 15.6. The van der Waals surface area contributed by atoms with Crippen molar-refractivity contribution in [2.45, 2.75) is 13.0 Å². The highest BCUT2D eigenvalue weighted by molar-refractivity contribution is 5.93. The van der Waals surface area contributed by atoms with E-state index in [9.17, 15) is 9.18 Å². The lowest BCUT2D eigenvalue weighted by atomic mass is 10.1. The molecular weight excluding hydrogens is 353 g/mol. The minimum absolute atomic E-state index is 0.0891. The number of nitrogens with zero attached hydrogens (tertiary/aromatic N) is 1. The first kappa shape index (κ1) is 17.9. The summed E-state index contributed by atoms with van der Waals surface area (Å²) in [5.74, 6) is -0.331. The number of carbonyl (C=O) groups excluding carboxylic acids is 1. The van der Waals surface area contributed by atoms with Crippen LogP contribution in [0.15, 0.2) is 79.3 Å². The van der Waals surface area contributed by atoms with Crippen molar-refractivity contribution in [2.75, 3.05) is 6.54 Å². The van der Waals surface area contributed by atoms with E-state index in [0.717, 1.165) is 17.5 Å². The van der Waals surface area contributed by atoms with E-state index in [4.69, 9.17) is 0 Å². The first-order chi connectivity index (χ1) is 13.7. The molecule has 0 saturated carbocycles. The number of amides is 1. The molecule has 0 aliphatic heterocycles. The third-order valence-electron chi connectivity index (χ3n) is 4.79. The standard InChI is InChI=1S/C23H20FN3O/c24-20-7-5-17(6-8-20)16-27-13-10-18(11-14-27)23(28)25-12-9-19-15-26-22-4-2-1-3-21(19)22/h1-8,10-11,13-15,26H,9,12,16H2/p+1. The van der Waals surface area contributed by atoms with Crippen molar-refractivity contribution in [3.63, 3.8) is 0 Å². The molecule has 0 unspecified atom stereocenters. The molecule has 2 aromatic heterocycles. The van der Waals surface area contributed by atoms with E-state index < -0.39 is 0 Å². The summed E-state index contributed by atoms with van der Waals surface area (Å²) in [5, 5.41) is 4.17. The molecule has 28 heavy (non-hydrogen) atoms. The summed E-state index contributed by atoms with van der Waals surface area (Å²) in [5.41, 5.74) is 3.93. The summed E-state index contributed by atoms with van der Waals surface area (Å²) >= 11 is 0. The van der Waals surface area contributed by atoms with Gasteiger partial charge in [-0.05, 0) is 42.3 Å².